The Balaban J connectivity index is 2.02. The van der Waals surface area contributed by atoms with E-state index < -0.39 is 0 Å². The van der Waals surface area contributed by atoms with Crippen LogP contribution in [0.1, 0.15) is 0 Å². The molecule has 0 unspecified atom stereocenters. The van der Waals surface area contributed by atoms with Crippen LogP contribution in [0.5, 0.6) is 5.75 Å². The van der Waals surface area contributed by atoms with Crippen molar-refractivity contribution >= 4 is 23.1 Å². The summed E-state index contributed by atoms with van der Waals surface area (Å²) in [5.74, 6) is 0.666. The Hall–Kier alpha value is -2.21. The van der Waals surface area contributed by atoms with E-state index in [0.29, 0.717) is 11.4 Å². The summed E-state index contributed by atoms with van der Waals surface area (Å²) in [4.78, 5) is 0.900. The number of hydrogen-bond donors (Lipinski definition) is 1. The van der Waals surface area contributed by atoms with Gasteiger partial charge in [0.2, 0.25) is 5.16 Å². The quantitative estimate of drug-likeness (QED) is 0.742. The predicted octanol–water partition coefficient (Wildman–Crippen LogP) is 2.47. The first kappa shape index (κ1) is 11.9. The number of nitrogens with zero attached hydrogens (tertiary/aromatic N) is 3. The van der Waals surface area contributed by atoms with Crippen LogP contribution in [0.2, 0.25) is 0 Å². The average Bonchev–Trinajstić information content (AvgIpc) is 2.85. The molecule has 0 fully saturated rings. The maximum absolute atomic E-state index is 6.05. The largest absolute Gasteiger partial charge is 0.495 e. The summed E-state index contributed by atoms with van der Waals surface area (Å²) < 4.78 is 7.13. The van der Waals surface area contributed by atoms with Gasteiger partial charge in [-0.25, -0.2) is 0 Å². The minimum Gasteiger partial charge on any atom is -0.495 e. The van der Waals surface area contributed by atoms with Crippen LogP contribution in [0.15, 0.2) is 52.6 Å². The van der Waals surface area contributed by atoms with E-state index in [9.17, 15) is 0 Å². The molecule has 19 heavy (non-hydrogen) atoms. The van der Waals surface area contributed by atoms with E-state index in [1.807, 2.05) is 47.0 Å². The molecule has 6 heteroatoms. The van der Waals surface area contributed by atoms with E-state index in [4.69, 9.17) is 10.5 Å². The molecule has 0 saturated carbocycles. The van der Waals surface area contributed by atoms with Gasteiger partial charge in [0.05, 0.1) is 12.8 Å². The number of rotatable bonds is 3. The second kappa shape index (κ2) is 4.81. The lowest BCUT2D eigenvalue weighted by molar-refractivity contribution is 0.416. The maximum atomic E-state index is 6.05. The molecule has 0 aliphatic rings. The molecule has 0 bridgehead atoms. The first-order valence-corrected chi connectivity index (χ1v) is 6.51. The molecule has 3 aromatic rings. The van der Waals surface area contributed by atoms with E-state index in [-0.39, 0.29) is 0 Å². The molecule has 0 aliphatic carbocycles. The normalized spacial score (nSPS) is 10.8. The zero-order valence-corrected chi connectivity index (χ0v) is 11.1. The molecule has 3 rings (SSSR count). The van der Waals surface area contributed by atoms with Crippen LogP contribution in [0.4, 0.5) is 5.69 Å². The van der Waals surface area contributed by atoms with Crippen molar-refractivity contribution < 1.29 is 4.74 Å². The predicted molar refractivity (Wildman–Crippen MR) is 74.5 cm³/mol. The fraction of sp³-hybridized carbons (Fsp3) is 0.0769. The van der Waals surface area contributed by atoms with E-state index >= 15 is 0 Å². The highest BCUT2D eigenvalue weighted by Crippen LogP contribution is 2.35. The second-order valence-electron chi connectivity index (χ2n) is 3.89. The van der Waals surface area contributed by atoms with Gasteiger partial charge in [0.25, 0.3) is 0 Å². The molecule has 2 heterocycles. The molecular formula is C13H12N4OS. The number of methoxy groups -OCH3 is 1. The molecule has 2 aromatic heterocycles. The molecule has 2 N–H and O–H groups in total. The molecular weight excluding hydrogens is 260 g/mol. The Morgan fingerprint density at radius 1 is 1.16 bits per heavy atom. The Bertz CT molecular complexity index is 725. The first-order chi connectivity index (χ1) is 9.29. The molecule has 1 aromatic carbocycles. The van der Waals surface area contributed by atoms with Crippen molar-refractivity contribution in [3.05, 3.63) is 42.6 Å². The van der Waals surface area contributed by atoms with Gasteiger partial charge in [-0.1, -0.05) is 12.1 Å². The van der Waals surface area contributed by atoms with Gasteiger partial charge in [-0.15, -0.1) is 10.2 Å². The van der Waals surface area contributed by atoms with Crippen LogP contribution in [0.3, 0.4) is 0 Å². The van der Waals surface area contributed by atoms with E-state index in [0.717, 1.165) is 15.7 Å². The number of aromatic nitrogens is 3. The van der Waals surface area contributed by atoms with Crippen molar-refractivity contribution in [3.8, 4) is 5.75 Å². The van der Waals surface area contributed by atoms with Crippen molar-refractivity contribution in [3.63, 3.8) is 0 Å². The van der Waals surface area contributed by atoms with Crippen molar-refractivity contribution in [1.82, 2.24) is 14.6 Å². The van der Waals surface area contributed by atoms with Crippen LogP contribution in [0.25, 0.3) is 5.65 Å². The van der Waals surface area contributed by atoms with Crippen molar-refractivity contribution in [2.24, 2.45) is 0 Å². The number of hydrogen-bond acceptors (Lipinski definition) is 5. The molecule has 0 aliphatic heterocycles. The monoisotopic (exact) mass is 272 g/mol. The molecule has 0 radical (unpaired) electrons. The van der Waals surface area contributed by atoms with Gasteiger partial charge >= 0.3 is 0 Å². The van der Waals surface area contributed by atoms with Crippen molar-refractivity contribution in [2.45, 2.75) is 10.1 Å². The molecule has 0 spiro atoms. The molecule has 96 valence electrons. The third kappa shape index (κ3) is 2.10. The molecule has 0 atom stereocenters. The number of nitrogens with two attached hydrogens (primary N) is 1. The Morgan fingerprint density at radius 2 is 2.05 bits per heavy atom. The van der Waals surface area contributed by atoms with Crippen molar-refractivity contribution in [2.75, 3.05) is 12.8 Å². The fourth-order valence-electron chi connectivity index (χ4n) is 1.78. The van der Waals surface area contributed by atoms with Crippen LogP contribution < -0.4 is 10.5 Å². The summed E-state index contributed by atoms with van der Waals surface area (Å²) in [5, 5.41) is 9.05. The second-order valence-corrected chi connectivity index (χ2v) is 4.89. The highest BCUT2D eigenvalue weighted by Gasteiger charge is 2.11. The summed E-state index contributed by atoms with van der Waals surface area (Å²) in [7, 11) is 1.60. The zero-order chi connectivity index (χ0) is 13.2. The summed E-state index contributed by atoms with van der Waals surface area (Å²) in [6.07, 6.45) is 1.92. The number of benzene rings is 1. The van der Waals surface area contributed by atoms with E-state index in [1.54, 1.807) is 7.11 Å². The van der Waals surface area contributed by atoms with Gasteiger partial charge in [0, 0.05) is 11.1 Å². The Kier molecular flexibility index (Phi) is 3.00. The summed E-state index contributed by atoms with van der Waals surface area (Å²) in [6, 6.07) is 11.5. The minimum absolute atomic E-state index is 0.614. The number of pyridine rings is 1. The number of anilines is 1. The third-order valence-electron chi connectivity index (χ3n) is 2.73. The Morgan fingerprint density at radius 3 is 2.89 bits per heavy atom. The molecule has 0 amide bonds. The van der Waals surface area contributed by atoms with Crippen LogP contribution in [0, 0.1) is 0 Å². The van der Waals surface area contributed by atoms with Crippen LogP contribution in [-0.4, -0.2) is 21.7 Å². The van der Waals surface area contributed by atoms with Crippen LogP contribution in [-0.2, 0) is 0 Å². The minimum atomic E-state index is 0.614. The van der Waals surface area contributed by atoms with E-state index in [2.05, 4.69) is 10.2 Å². The number of fused-ring (bicyclic) bond motifs is 1. The average molecular weight is 272 g/mol. The summed E-state index contributed by atoms with van der Waals surface area (Å²) in [5.41, 5.74) is 7.48. The lowest BCUT2D eigenvalue weighted by atomic mass is 10.3. The summed E-state index contributed by atoms with van der Waals surface area (Å²) >= 11 is 1.46. The van der Waals surface area contributed by atoms with Gasteiger partial charge in [-0.3, -0.25) is 4.40 Å². The fourth-order valence-corrected chi connectivity index (χ4v) is 2.67. The third-order valence-corrected chi connectivity index (χ3v) is 3.77. The zero-order valence-electron chi connectivity index (χ0n) is 10.3. The van der Waals surface area contributed by atoms with Gasteiger partial charge in [-0.05, 0) is 36.0 Å². The maximum Gasteiger partial charge on any atom is 0.200 e. The van der Waals surface area contributed by atoms with Gasteiger partial charge in [0.1, 0.15) is 5.75 Å². The molecule has 0 saturated heterocycles. The number of nitrogen functional groups attached to an aromatic ring is 1. The topological polar surface area (TPSA) is 65.4 Å². The summed E-state index contributed by atoms with van der Waals surface area (Å²) in [6.45, 7) is 0. The Labute approximate surface area is 114 Å². The smallest absolute Gasteiger partial charge is 0.200 e. The lowest BCUT2D eigenvalue weighted by Gasteiger charge is -2.08. The first-order valence-electron chi connectivity index (χ1n) is 5.69. The van der Waals surface area contributed by atoms with Crippen molar-refractivity contribution in [1.29, 1.82) is 0 Å². The van der Waals surface area contributed by atoms with E-state index in [1.165, 1.54) is 11.8 Å². The van der Waals surface area contributed by atoms with Gasteiger partial charge in [-0.2, -0.15) is 0 Å². The van der Waals surface area contributed by atoms with Gasteiger partial charge < -0.3 is 10.5 Å². The van der Waals surface area contributed by atoms with Crippen LogP contribution >= 0.6 is 11.8 Å². The lowest BCUT2D eigenvalue weighted by Crippen LogP contribution is -1.95. The standard InChI is InChI=1S/C13H12N4OS/c1-18-9-5-4-6-10(12(9)14)19-13-16-15-11-7-2-3-8-17(11)13/h2-8H,14H2,1H3. The SMILES string of the molecule is COc1cccc(Sc2nnc3ccccn23)c1N. The molecule has 5 nitrogen and oxygen atoms in total. The highest BCUT2D eigenvalue weighted by atomic mass is 32.2. The highest BCUT2D eigenvalue weighted by molar-refractivity contribution is 7.99. The van der Waals surface area contributed by atoms with Gasteiger partial charge in [0.15, 0.2) is 5.65 Å². The number of para-hydroxylation sites is 1. The number of ether oxygens (including phenoxy) is 1.